The van der Waals surface area contributed by atoms with Gasteiger partial charge in [0.1, 0.15) is 5.76 Å². The van der Waals surface area contributed by atoms with Crippen LogP contribution in [0.15, 0.2) is 35.1 Å². The Balaban J connectivity index is 1.37. The van der Waals surface area contributed by atoms with Crippen LogP contribution >= 0.6 is 0 Å². The van der Waals surface area contributed by atoms with Crippen molar-refractivity contribution in [3.05, 3.63) is 59.0 Å². The Hall–Kier alpha value is -2.83. The maximum absolute atomic E-state index is 12.8. The number of hydrogen-bond acceptors (Lipinski definition) is 4. The molecule has 0 N–H and O–H groups in total. The molecule has 7 heteroatoms. The summed E-state index contributed by atoms with van der Waals surface area (Å²) in [5, 5.41) is 8.61. The topological polar surface area (TPSA) is 69.1 Å². The van der Waals surface area contributed by atoms with Crippen LogP contribution in [-0.2, 0) is 26.7 Å². The van der Waals surface area contributed by atoms with E-state index in [9.17, 15) is 4.79 Å². The third-order valence-electron chi connectivity index (χ3n) is 5.06. The fourth-order valence-electron chi connectivity index (χ4n) is 3.50. The molecule has 1 aliphatic carbocycles. The minimum Gasteiger partial charge on any atom is -0.360 e. The van der Waals surface area contributed by atoms with E-state index in [0.29, 0.717) is 31.2 Å². The smallest absolute Gasteiger partial charge is 0.276 e. The van der Waals surface area contributed by atoms with Crippen LogP contribution in [0.4, 0.5) is 0 Å². The summed E-state index contributed by atoms with van der Waals surface area (Å²) >= 11 is 0. The fourth-order valence-corrected chi connectivity index (χ4v) is 3.50. The van der Waals surface area contributed by atoms with E-state index in [1.807, 2.05) is 47.2 Å². The number of aryl methyl sites for hydroxylation is 1. The summed E-state index contributed by atoms with van der Waals surface area (Å²) in [7, 11) is 1.94. The van der Waals surface area contributed by atoms with Crippen LogP contribution in [0, 0.1) is 0 Å². The lowest BCUT2D eigenvalue weighted by molar-refractivity contribution is 0.0737. The molecule has 2 aliphatic rings. The summed E-state index contributed by atoms with van der Waals surface area (Å²) < 4.78 is 9.31. The molecule has 0 spiro atoms. The zero-order valence-electron chi connectivity index (χ0n) is 14.1. The minimum absolute atomic E-state index is 0.0706. The average molecular weight is 337 g/mol. The number of fused-ring (bicyclic) bond motifs is 1. The third kappa shape index (κ3) is 2.47. The van der Waals surface area contributed by atoms with E-state index in [1.165, 1.54) is 0 Å². The molecule has 0 saturated heterocycles. The lowest BCUT2D eigenvalue weighted by Gasteiger charge is -2.14. The van der Waals surface area contributed by atoms with Crippen molar-refractivity contribution >= 4 is 5.91 Å². The van der Waals surface area contributed by atoms with Crippen LogP contribution < -0.4 is 0 Å². The number of carbonyl (C=O) groups is 1. The van der Waals surface area contributed by atoms with Gasteiger partial charge >= 0.3 is 0 Å². The number of rotatable bonds is 4. The van der Waals surface area contributed by atoms with Crippen molar-refractivity contribution in [3.63, 3.8) is 0 Å². The average Bonchev–Trinajstić information content (AvgIpc) is 3.05. The first kappa shape index (κ1) is 14.5. The Morgan fingerprint density at radius 3 is 2.84 bits per heavy atom. The molecular formula is C18H19N5O2. The van der Waals surface area contributed by atoms with Crippen molar-refractivity contribution in [1.29, 1.82) is 0 Å². The molecule has 0 aromatic carbocycles. The van der Waals surface area contributed by atoms with Gasteiger partial charge in [0.05, 0.1) is 31.0 Å². The standard InChI is InChI=1S/C18H19N5O2/c1-21-16-11-23(18(24)14-8-17(25-20-14)12-4-5-12)9-13(16)15(19-21)10-22-6-2-3-7-22/h2-3,6-8,12H,4-5,9-11H2,1H3. The summed E-state index contributed by atoms with van der Waals surface area (Å²) in [4.78, 5) is 14.6. The maximum Gasteiger partial charge on any atom is 0.276 e. The Morgan fingerprint density at radius 1 is 1.28 bits per heavy atom. The second-order valence-corrected chi connectivity index (χ2v) is 6.90. The number of aromatic nitrogens is 4. The van der Waals surface area contributed by atoms with Gasteiger partial charge < -0.3 is 14.0 Å². The molecule has 0 unspecified atom stereocenters. The van der Waals surface area contributed by atoms with Crippen molar-refractivity contribution in [2.24, 2.45) is 7.05 Å². The molecule has 7 nitrogen and oxygen atoms in total. The molecule has 25 heavy (non-hydrogen) atoms. The molecule has 0 radical (unpaired) electrons. The van der Waals surface area contributed by atoms with Crippen molar-refractivity contribution in [2.45, 2.75) is 38.4 Å². The predicted octanol–water partition coefficient (Wildman–Crippen LogP) is 2.29. The number of hydrogen-bond donors (Lipinski definition) is 0. The highest BCUT2D eigenvalue weighted by atomic mass is 16.5. The van der Waals surface area contributed by atoms with E-state index in [0.717, 1.165) is 35.6 Å². The zero-order valence-corrected chi connectivity index (χ0v) is 14.1. The van der Waals surface area contributed by atoms with Crippen LogP contribution in [0.2, 0.25) is 0 Å². The molecule has 3 aromatic heterocycles. The van der Waals surface area contributed by atoms with Gasteiger partial charge in [-0.05, 0) is 25.0 Å². The van der Waals surface area contributed by atoms with Gasteiger partial charge in [-0.1, -0.05) is 5.16 Å². The summed E-state index contributed by atoms with van der Waals surface area (Å²) in [5.74, 6) is 1.23. The fraction of sp³-hybridized carbons (Fsp3) is 0.389. The molecule has 3 aromatic rings. The first-order valence-electron chi connectivity index (χ1n) is 8.59. The van der Waals surface area contributed by atoms with Gasteiger partial charge in [-0.25, -0.2) is 0 Å². The normalized spacial score (nSPS) is 16.4. The SMILES string of the molecule is Cn1nc(Cn2cccc2)c2c1CN(C(=O)c1cc(C3CC3)on1)C2. The highest BCUT2D eigenvalue weighted by Gasteiger charge is 2.33. The Bertz CT molecular complexity index is 933. The van der Waals surface area contributed by atoms with Gasteiger partial charge in [-0.15, -0.1) is 0 Å². The lowest BCUT2D eigenvalue weighted by atomic mass is 10.2. The predicted molar refractivity (Wildman–Crippen MR) is 88.8 cm³/mol. The van der Waals surface area contributed by atoms with Crippen molar-refractivity contribution in [2.75, 3.05) is 0 Å². The van der Waals surface area contributed by atoms with Crippen molar-refractivity contribution in [3.8, 4) is 0 Å². The van der Waals surface area contributed by atoms with E-state index in [-0.39, 0.29) is 5.91 Å². The molecule has 1 fully saturated rings. The van der Waals surface area contributed by atoms with Gasteiger partial charge in [0.2, 0.25) is 0 Å². The summed E-state index contributed by atoms with van der Waals surface area (Å²) in [6, 6.07) is 5.81. The third-order valence-corrected chi connectivity index (χ3v) is 5.06. The van der Waals surface area contributed by atoms with E-state index in [4.69, 9.17) is 4.52 Å². The van der Waals surface area contributed by atoms with Crippen LogP contribution in [0.25, 0.3) is 0 Å². The first-order valence-corrected chi connectivity index (χ1v) is 8.59. The second kappa shape index (κ2) is 5.34. The number of carbonyl (C=O) groups excluding carboxylic acids is 1. The Labute approximate surface area is 144 Å². The van der Waals surface area contributed by atoms with Crippen molar-refractivity contribution < 1.29 is 9.32 Å². The quantitative estimate of drug-likeness (QED) is 0.732. The number of amides is 1. The highest BCUT2D eigenvalue weighted by molar-refractivity contribution is 5.92. The highest BCUT2D eigenvalue weighted by Crippen LogP contribution is 2.40. The molecule has 0 bridgehead atoms. The molecule has 1 saturated carbocycles. The molecule has 1 aliphatic heterocycles. The maximum atomic E-state index is 12.8. The van der Waals surface area contributed by atoms with E-state index in [1.54, 1.807) is 0 Å². The molecule has 1 amide bonds. The Kier molecular flexibility index (Phi) is 3.10. The first-order chi connectivity index (χ1) is 12.2. The summed E-state index contributed by atoms with van der Waals surface area (Å²) in [6.07, 6.45) is 6.31. The molecule has 5 rings (SSSR count). The molecule has 128 valence electrons. The Morgan fingerprint density at radius 2 is 2.08 bits per heavy atom. The largest absolute Gasteiger partial charge is 0.360 e. The van der Waals surface area contributed by atoms with E-state index in [2.05, 4.69) is 14.8 Å². The second-order valence-electron chi connectivity index (χ2n) is 6.90. The van der Waals surface area contributed by atoms with Gasteiger partial charge in [0, 0.05) is 37.0 Å². The van der Waals surface area contributed by atoms with Gasteiger partial charge in [-0.3, -0.25) is 9.48 Å². The monoisotopic (exact) mass is 337 g/mol. The van der Waals surface area contributed by atoms with Gasteiger partial charge in [0.25, 0.3) is 5.91 Å². The molecular weight excluding hydrogens is 318 g/mol. The summed E-state index contributed by atoms with van der Waals surface area (Å²) in [5.41, 5.74) is 3.68. The zero-order chi connectivity index (χ0) is 17.0. The van der Waals surface area contributed by atoms with Crippen LogP contribution in [0.3, 0.4) is 0 Å². The van der Waals surface area contributed by atoms with Gasteiger partial charge in [-0.2, -0.15) is 5.10 Å². The molecule has 0 atom stereocenters. The molecule has 4 heterocycles. The van der Waals surface area contributed by atoms with E-state index < -0.39 is 0 Å². The lowest BCUT2D eigenvalue weighted by Crippen LogP contribution is -2.26. The van der Waals surface area contributed by atoms with Crippen molar-refractivity contribution in [1.82, 2.24) is 24.4 Å². The minimum atomic E-state index is -0.0706. The van der Waals surface area contributed by atoms with Gasteiger partial charge in [0.15, 0.2) is 5.69 Å². The van der Waals surface area contributed by atoms with Crippen LogP contribution in [0.1, 0.15) is 52.0 Å². The number of nitrogens with zero attached hydrogens (tertiary/aromatic N) is 5. The van der Waals surface area contributed by atoms with Crippen LogP contribution in [0.5, 0.6) is 0 Å². The summed E-state index contributed by atoms with van der Waals surface area (Å²) in [6.45, 7) is 1.85. The van der Waals surface area contributed by atoms with E-state index >= 15 is 0 Å². The van der Waals surface area contributed by atoms with Crippen LogP contribution in [-0.4, -0.2) is 30.3 Å².